The molecule has 2 unspecified atom stereocenters. The summed E-state index contributed by atoms with van der Waals surface area (Å²) < 4.78 is 5.22. The van der Waals surface area contributed by atoms with Gasteiger partial charge in [-0.05, 0) is 17.7 Å². The van der Waals surface area contributed by atoms with Crippen molar-refractivity contribution in [2.45, 2.75) is 5.92 Å². The molecular formula is C23H23N5O2. The molecule has 0 saturated heterocycles. The Kier molecular flexibility index (Phi) is 5.52. The van der Waals surface area contributed by atoms with Gasteiger partial charge in [-0.1, -0.05) is 30.4 Å². The molecule has 3 heterocycles. The molecule has 0 aliphatic heterocycles. The number of H-pyrrole nitrogens is 1. The van der Waals surface area contributed by atoms with Crippen molar-refractivity contribution in [2.75, 3.05) is 6.54 Å². The highest BCUT2D eigenvalue weighted by Gasteiger charge is 2.28. The zero-order chi connectivity index (χ0) is 20.9. The molecular weight excluding hydrogens is 378 g/mol. The molecule has 1 aliphatic carbocycles. The van der Waals surface area contributed by atoms with Gasteiger partial charge >= 0.3 is 0 Å². The van der Waals surface area contributed by atoms with Gasteiger partial charge in [-0.3, -0.25) is 4.79 Å². The van der Waals surface area contributed by atoms with Gasteiger partial charge in [0.15, 0.2) is 0 Å². The smallest absolute Gasteiger partial charge is 0.233 e. The predicted molar refractivity (Wildman–Crippen MR) is 117 cm³/mol. The number of aromatic nitrogens is 2. The first kappa shape index (κ1) is 19.3. The number of aromatic amines is 1. The van der Waals surface area contributed by atoms with E-state index in [1.54, 1.807) is 31.0 Å². The lowest BCUT2D eigenvalue weighted by Crippen LogP contribution is -2.36. The van der Waals surface area contributed by atoms with E-state index in [1.165, 1.54) is 0 Å². The topological polar surface area (TPSA) is 109 Å². The van der Waals surface area contributed by atoms with Gasteiger partial charge in [0.25, 0.3) is 0 Å². The number of hydrogen-bond acceptors (Lipinski definition) is 5. The summed E-state index contributed by atoms with van der Waals surface area (Å²) in [5, 5.41) is 6.68. The van der Waals surface area contributed by atoms with Gasteiger partial charge in [0.2, 0.25) is 5.91 Å². The van der Waals surface area contributed by atoms with Crippen LogP contribution < -0.4 is 16.4 Å². The SMILES string of the molecule is C=CCN/C=C(\N)NC(=O)C1C=CC=CC1c1cnc2[nH]cc(-c3ccoc3)c2c1. The van der Waals surface area contributed by atoms with Crippen LogP contribution in [0.5, 0.6) is 0 Å². The van der Waals surface area contributed by atoms with Crippen molar-refractivity contribution in [3.8, 4) is 11.1 Å². The third kappa shape index (κ3) is 3.91. The fourth-order valence-corrected chi connectivity index (χ4v) is 3.55. The fraction of sp³-hybridized carbons (Fsp3) is 0.130. The second kappa shape index (κ2) is 8.57. The molecule has 3 aromatic heterocycles. The standard InChI is InChI=1S/C23H23N5O2/c1-2-8-25-13-21(24)28-23(29)18-6-4-3-5-17(18)16-10-19-20(15-7-9-30-14-15)12-27-22(19)26-11-16/h2-7,9-14,17-18,25H,1,8,24H2,(H,26,27)(H,28,29)/b21-13+. The summed E-state index contributed by atoms with van der Waals surface area (Å²) in [6.45, 7) is 4.19. The number of allylic oxidation sites excluding steroid dienone is 3. The maximum absolute atomic E-state index is 12.9. The molecule has 0 aromatic carbocycles. The van der Waals surface area contributed by atoms with Gasteiger partial charge in [-0.2, -0.15) is 0 Å². The maximum atomic E-state index is 12.9. The number of nitrogens with zero attached hydrogens (tertiary/aromatic N) is 1. The monoisotopic (exact) mass is 401 g/mol. The lowest BCUT2D eigenvalue weighted by Gasteiger charge is -2.24. The minimum Gasteiger partial charge on any atom is -0.472 e. The van der Waals surface area contributed by atoms with Crippen molar-refractivity contribution in [3.63, 3.8) is 0 Å². The Bertz CT molecular complexity index is 1140. The summed E-state index contributed by atoms with van der Waals surface area (Å²) in [7, 11) is 0. The van der Waals surface area contributed by atoms with E-state index >= 15 is 0 Å². The minimum absolute atomic E-state index is 0.159. The van der Waals surface area contributed by atoms with E-state index in [0.717, 1.165) is 27.7 Å². The van der Waals surface area contributed by atoms with Crippen molar-refractivity contribution in [1.29, 1.82) is 0 Å². The largest absolute Gasteiger partial charge is 0.472 e. The lowest BCUT2D eigenvalue weighted by atomic mass is 9.82. The molecule has 0 bridgehead atoms. The molecule has 3 aromatic rings. The average molecular weight is 401 g/mol. The van der Waals surface area contributed by atoms with E-state index in [4.69, 9.17) is 10.2 Å². The molecule has 0 saturated carbocycles. The molecule has 0 radical (unpaired) electrons. The van der Waals surface area contributed by atoms with Crippen LogP contribution in [0.1, 0.15) is 11.5 Å². The molecule has 5 N–H and O–H groups in total. The van der Waals surface area contributed by atoms with E-state index in [-0.39, 0.29) is 17.6 Å². The Morgan fingerprint density at radius 2 is 2.23 bits per heavy atom. The molecule has 0 spiro atoms. The number of carbonyl (C=O) groups is 1. The molecule has 7 heteroatoms. The quantitative estimate of drug-likeness (QED) is 0.359. The van der Waals surface area contributed by atoms with Gasteiger partial charge in [-0.25, -0.2) is 4.98 Å². The van der Waals surface area contributed by atoms with E-state index in [9.17, 15) is 4.79 Å². The van der Waals surface area contributed by atoms with Crippen LogP contribution in [0.4, 0.5) is 0 Å². The predicted octanol–water partition coefficient (Wildman–Crippen LogP) is 3.30. The molecule has 2 atom stereocenters. The number of hydrogen-bond donors (Lipinski definition) is 4. The highest BCUT2D eigenvalue weighted by molar-refractivity contribution is 5.94. The molecule has 152 valence electrons. The van der Waals surface area contributed by atoms with E-state index in [0.29, 0.717) is 6.54 Å². The summed E-state index contributed by atoms with van der Waals surface area (Å²) in [5.41, 5.74) is 9.61. The Morgan fingerprint density at radius 3 is 3.03 bits per heavy atom. The van der Waals surface area contributed by atoms with Crippen molar-refractivity contribution in [2.24, 2.45) is 11.7 Å². The Labute approximate surface area is 174 Å². The zero-order valence-corrected chi connectivity index (χ0v) is 16.3. The molecule has 1 amide bonds. The number of nitrogens with two attached hydrogens (primary N) is 1. The van der Waals surface area contributed by atoms with E-state index in [1.807, 2.05) is 36.6 Å². The lowest BCUT2D eigenvalue weighted by molar-refractivity contribution is -0.123. The summed E-state index contributed by atoms with van der Waals surface area (Å²) in [5.74, 6) is -0.492. The van der Waals surface area contributed by atoms with Crippen molar-refractivity contribution >= 4 is 16.9 Å². The first-order valence-electron chi connectivity index (χ1n) is 9.62. The Morgan fingerprint density at radius 1 is 1.37 bits per heavy atom. The first-order chi connectivity index (χ1) is 14.7. The second-order valence-electron chi connectivity index (χ2n) is 6.99. The summed E-state index contributed by atoms with van der Waals surface area (Å²) in [4.78, 5) is 20.6. The van der Waals surface area contributed by atoms with Crippen LogP contribution in [-0.4, -0.2) is 22.4 Å². The second-order valence-corrected chi connectivity index (χ2v) is 6.99. The highest BCUT2D eigenvalue weighted by Crippen LogP contribution is 2.34. The zero-order valence-electron chi connectivity index (χ0n) is 16.3. The molecule has 4 rings (SSSR count). The van der Waals surface area contributed by atoms with Crippen LogP contribution >= 0.6 is 0 Å². The third-order valence-corrected chi connectivity index (χ3v) is 4.99. The molecule has 1 aliphatic rings. The molecule has 30 heavy (non-hydrogen) atoms. The van der Waals surface area contributed by atoms with Crippen molar-refractivity contribution < 1.29 is 9.21 Å². The van der Waals surface area contributed by atoms with Crippen LogP contribution in [-0.2, 0) is 4.79 Å². The van der Waals surface area contributed by atoms with Gasteiger partial charge in [0.1, 0.15) is 11.5 Å². The van der Waals surface area contributed by atoms with Crippen LogP contribution in [0.25, 0.3) is 22.2 Å². The third-order valence-electron chi connectivity index (χ3n) is 4.99. The van der Waals surface area contributed by atoms with E-state index in [2.05, 4.69) is 33.2 Å². The maximum Gasteiger partial charge on any atom is 0.233 e. The number of furan rings is 1. The van der Waals surface area contributed by atoms with Crippen molar-refractivity contribution in [3.05, 3.63) is 91.6 Å². The first-order valence-corrected chi connectivity index (χ1v) is 9.62. The van der Waals surface area contributed by atoms with Crippen molar-refractivity contribution in [1.82, 2.24) is 20.6 Å². The van der Waals surface area contributed by atoms with Gasteiger partial charge < -0.3 is 25.8 Å². The summed E-state index contributed by atoms with van der Waals surface area (Å²) >= 11 is 0. The molecule has 7 nitrogen and oxygen atoms in total. The highest BCUT2D eigenvalue weighted by atomic mass is 16.3. The van der Waals surface area contributed by atoms with Crippen LogP contribution in [0.15, 0.2) is 90.4 Å². The number of nitrogens with one attached hydrogen (secondary N) is 3. The van der Waals surface area contributed by atoms with Crippen LogP contribution in [0.2, 0.25) is 0 Å². The van der Waals surface area contributed by atoms with Gasteiger partial charge in [0.05, 0.1) is 18.4 Å². The number of rotatable bonds is 7. The fourth-order valence-electron chi connectivity index (χ4n) is 3.55. The number of carbonyl (C=O) groups excluding carboxylic acids is 1. The van der Waals surface area contributed by atoms with Crippen LogP contribution in [0, 0.1) is 5.92 Å². The summed E-state index contributed by atoms with van der Waals surface area (Å²) in [6, 6.07) is 3.98. The number of amides is 1. The number of pyridine rings is 1. The Hall–Kier alpha value is -4.00. The normalized spacial score (nSPS) is 18.5. The Balaban J connectivity index is 1.61. The van der Waals surface area contributed by atoms with Crippen LogP contribution in [0.3, 0.4) is 0 Å². The van der Waals surface area contributed by atoms with Gasteiger partial charge in [-0.15, -0.1) is 6.58 Å². The minimum atomic E-state index is -0.406. The molecule has 0 fully saturated rings. The summed E-state index contributed by atoms with van der Waals surface area (Å²) in [6.07, 6.45) is 18.0. The van der Waals surface area contributed by atoms with Gasteiger partial charge in [0, 0.05) is 47.6 Å². The average Bonchev–Trinajstić information content (AvgIpc) is 3.43. The van der Waals surface area contributed by atoms with E-state index < -0.39 is 5.92 Å². The number of fused-ring (bicyclic) bond motifs is 1.